The number of nitrogens with zero attached hydrogens (tertiary/aromatic N) is 2. The molecule has 0 unspecified atom stereocenters. The fourth-order valence-corrected chi connectivity index (χ4v) is 4.52. The quantitative estimate of drug-likeness (QED) is 0.349. The highest BCUT2D eigenvalue weighted by atomic mass is 79.9. The van der Waals surface area contributed by atoms with Crippen molar-refractivity contribution in [3.63, 3.8) is 0 Å². The van der Waals surface area contributed by atoms with Gasteiger partial charge in [-0.2, -0.15) is 13.2 Å². The molecule has 2 N–H and O–H groups in total. The largest absolute Gasteiger partial charge is 0.506 e. The molecule has 12 heteroatoms. The van der Waals surface area contributed by atoms with Crippen LogP contribution in [0.25, 0.3) is 27.7 Å². The van der Waals surface area contributed by atoms with Crippen LogP contribution in [0.1, 0.15) is 5.56 Å². The number of aromatic nitrogens is 2. The maximum Gasteiger partial charge on any atom is 0.416 e. The average molecular weight is 554 g/mol. The van der Waals surface area contributed by atoms with Crippen molar-refractivity contribution in [1.29, 1.82) is 0 Å². The minimum absolute atomic E-state index is 0.102. The SMILES string of the molecule is CS(=O)(=O)Nc1cc(-n2cnc3cc(-c4ccc(C(F)(F)F)cc4Br)ccc3c2=O)ccc1O. The van der Waals surface area contributed by atoms with Gasteiger partial charge in [0.25, 0.3) is 5.56 Å². The third kappa shape index (κ3) is 4.77. The zero-order valence-corrected chi connectivity index (χ0v) is 19.7. The van der Waals surface area contributed by atoms with Crippen LogP contribution in [-0.2, 0) is 16.2 Å². The molecule has 4 rings (SSSR count). The Morgan fingerprint density at radius 2 is 1.79 bits per heavy atom. The van der Waals surface area contributed by atoms with E-state index in [1.54, 1.807) is 12.1 Å². The summed E-state index contributed by atoms with van der Waals surface area (Å²) in [4.78, 5) is 17.4. The van der Waals surface area contributed by atoms with Gasteiger partial charge in [-0.1, -0.05) is 28.1 Å². The first kappa shape index (κ1) is 23.8. The van der Waals surface area contributed by atoms with Crippen molar-refractivity contribution in [1.82, 2.24) is 9.55 Å². The summed E-state index contributed by atoms with van der Waals surface area (Å²) in [5, 5.41) is 10.1. The zero-order valence-electron chi connectivity index (χ0n) is 17.3. The molecular weight excluding hydrogens is 539 g/mol. The lowest BCUT2D eigenvalue weighted by Crippen LogP contribution is -2.19. The summed E-state index contributed by atoms with van der Waals surface area (Å²) in [5.41, 5.74) is 0.284. The molecule has 176 valence electrons. The van der Waals surface area contributed by atoms with Crippen molar-refractivity contribution >= 4 is 42.5 Å². The van der Waals surface area contributed by atoms with Crippen molar-refractivity contribution in [3.05, 3.63) is 81.3 Å². The van der Waals surface area contributed by atoms with Crippen LogP contribution in [0.5, 0.6) is 5.75 Å². The number of benzene rings is 3. The molecule has 0 amide bonds. The number of hydrogen-bond donors (Lipinski definition) is 2. The molecule has 0 aliphatic carbocycles. The number of alkyl halides is 3. The van der Waals surface area contributed by atoms with E-state index in [4.69, 9.17) is 0 Å². The van der Waals surface area contributed by atoms with Crippen LogP contribution in [0, 0.1) is 0 Å². The van der Waals surface area contributed by atoms with Crippen LogP contribution in [-0.4, -0.2) is 29.3 Å². The van der Waals surface area contributed by atoms with Gasteiger partial charge in [0.2, 0.25) is 10.0 Å². The molecule has 0 aliphatic rings. The Bertz CT molecular complexity index is 1600. The summed E-state index contributed by atoms with van der Waals surface area (Å²) in [6.07, 6.45) is -2.30. The first-order valence-corrected chi connectivity index (χ1v) is 12.2. The molecule has 0 fully saturated rings. The van der Waals surface area contributed by atoms with Crippen LogP contribution in [0.4, 0.5) is 18.9 Å². The van der Waals surface area contributed by atoms with E-state index in [1.165, 1.54) is 41.2 Å². The Morgan fingerprint density at radius 3 is 2.44 bits per heavy atom. The number of sulfonamides is 1. The highest BCUT2D eigenvalue weighted by molar-refractivity contribution is 9.10. The van der Waals surface area contributed by atoms with Gasteiger partial charge in [0, 0.05) is 4.47 Å². The lowest BCUT2D eigenvalue weighted by atomic mass is 10.0. The van der Waals surface area contributed by atoms with Gasteiger partial charge in [-0.25, -0.2) is 13.4 Å². The van der Waals surface area contributed by atoms with Crippen LogP contribution in [0.3, 0.4) is 0 Å². The van der Waals surface area contributed by atoms with Crippen LogP contribution in [0.2, 0.25) is 0 Å². The lowest BCUT2D eigenvalue weighted by molar-refractivity contribution is -0.137. The van der Waals surface area contributed by atoms with E-state index < -0.39 is 27.3 Å². The highest BCUT2D eigenvalue weighted by Crippen LogP contribution is 2.36. The molecule has 0 aliphatic heterocycles. The number of hydrogen-bond acceptors (Lipinski definition) is 5. The highest BCUT2D eigenvalue weighted by Gasteiger charge is 2.30. The average Bonchev–Trinajstić information content (AvgIpc) is 2.74. The second-order valence-electron chi connectivity index (χ2n) is 7.42. The summed E-state index contributed by atoms with van der Waals surface area (Å²) in [6.45, 7) is 0. The molecule has 1 aromatic heterocycles. The molecular formula is C22H15BrF3N3O4S. The molecule has 34 heavy (non-hydrogen) atoms. The van der Waals surface area contributed by atoms with E-state index in [0.717, 1.165) is 18.4 Å². The number of nitrogens with one attached hydrogen (secondary N) is 1. The predicted octanol–water partition coefficient (Wildman–Crippen LogP) is 4.91. The van der Waals surface area contributed by atoms with Gasteiger partial charge in [0.15, 0.2) is 0 Å². The number of rotatable bonds is 4. The summed E-state index contributed by atoms with van der Waals surface area (Å²) in [7, 11) is -3.67. The molecule has 7 nitrogen and oxygen atoms in total. The maximum absolute atomic E-state index is 13.1. The second-order valence-corrected chi connectivity index (χ2v) is 10.0. The van der Waals surface area contributed by atoms with E-state index >= 15 is 0 Å². The standard InChI is InChI=1S/C22H15BrF3N3O4S/c1-34(32,33)28-19-10-14(4-7-20(19)30)29-11-27-18-8-12(2-5-16(18)21(29)31)15-6-3-13(9-17(15)23)22(24,25)26/h2-11,28,30H,1H3. The minimum atomic E-state index is -4.47. The topological polar surface area (TPSA) is 101 Å². The number of anilines is 1. The van der Waals surface area contributed by atoms with Crippen LogP contribution in [0.15, 0.2) is 70.2 Å². The van der Waals surface area contributed by atoms with Gasteiger partial charge in [-0.05, 0) is 53.6 Å². The molecule has 0 bridgehead atoms. The van der Waals surface area contributed by atoms with Gasteiger partial charge in [0.1, 0.15) is 12.1 Å². The molecule has 3 aromatic carbocycles. The minimum Gasteiger partial charge on any atom is -0.506 e. The van der Waals surface area contributed by atoms with E-state index in [2.05, 4.69) is 25.6 Å². The molecule has 0 atom stereocenters. The number of halogens is 4. The first-order valence-electron chi connectivity index (χ1n) is 9.53. The van der Waals surface area contributed by atoms with Gasteiger partial charge < -0.3 is 5.11 Å². The molecule has 0 saturated carbocycles. The smallest absolute Gasteiger partial charge is 0.416 e. The summed E-state index contributed by atoms with van der Waals surface area (Å²) in [6, 6.07) is 11.9. The zero-order chi connectivity index (χ0) is 24.8. The summed E-state index contributed by atoms with van der Waals surface area (Å²) in [5.74, 6) is -0.317. The second kappa shape index (κ2) is 8.44. The Balaban J connectivity index is 1.77. The van der Waals surface area contributed by atoms with Gasteiger partial charge in [-0.15, -0.1) is 0 Å². The molecule has 0 spiro atoms. The Morgan fingerprint density at radius 1 is 1.06 bits per heavy atom. The van der Waals surface area contributed by atoms with Gasteiger partial charge >= 0.3 is 6.18 Å². The van der Waals surface area contributed by atoms with Crippen LogP contribution < -0.4 is 10.3 Å². The number of fused-ring (bicyclic) bond motifs is 1. The molecule has 0 saturated heterocycles. The van der Waals surface area contributed by atoms with Gasteiger partial charge in [-0.3, -0.25) is 14.1 Å². The number of aromatic hydroxyl groups is 1. The van der Waals surface area contributed by atoms with Crippen molar-refractivity contribution in [2.24, 2.45) is 0 Å². The van der Waals surface area contributed by atoms with E-state index in [1.807, 2.05) is 0 Å². The molecule has 0 radical (unpaired) electrons. The van der Waals surface area contributed by atoms with E-state index in [0.29, 0.717) is 16.6 Å². The van der Waals surface area contributed by atoms with Gasteiger partial charge in [0.05, 0.1) is 34.1 Å². The Hall–Kier alpha value is -3.38. The third-order valence-electron chi connectivity index (χ3n) is 4.92. The van der Waals surface area contributed by atoms with Crippen molar-refractivity contribution in [3.8, 4) is 22.6 Å². The van der Waals surface area contributed by atoms with Crippen LogP contribution >= 0.6 is 15.9 Å². The predicted molar refractivity (Wildman–Crippen MR) is 126 cm³/mol. The van der Waals surface area contributed by atoms with E-state index in [9.17, 15) is 31.5 Å². The maximum atomic E-state index is 13.1. The molecule has 4 aromatic rings. The fraction of sp³-hybridized carbons (Fsp3) is 0.0909. The first-order chi connectivity index (χ1) is 15.8. The van der Waals surface area contributed by atoms with Crippen molar-refractivity contribution in [2.45, 2.75) is 6.18 Å². The lowest BCUT2D eigenvalue weighted by Gasteiger charge is -2.12. The number of phenolic OH excluding ortho intramolecular Hbond substituents is 1. The Labute approximate surface area is 199 Å². The van der Waals surface area contributed by atoms with Crippen molar-refractivity contribution < 1.29 is 26.7 Å². The normalized spacial score (nSPS) is 12.1. The third-order valence-corrected chi connectivity index (χ3v) is 6.17. The fourth-order valence-electron chi connectivity index (χ4n) is 3.35. The number of phenols is 1. The Kier molecular flexibility index (Phi) is 5.90. The monoisotopic (exact) mass is 553 g/mol. The van der Waals surface area contributed by atoms with Crippen molar-refractivity contribution in [2.75, 3.05) is 11.0 Å². The summed E-state index contributed by atoms with van der Waals surface area (Å²) >= 11 is 3.17. The van der Waals surface area contributed by atoms with E-state index in [-0.39, 0.29) is 27.0 Å². The molecule has 1 heterocycles. The summed E-state index contributed by atoms with van der Waals surface area (Å²) < 4.78 is 65.5.